The third-order valence-electron chi connectivity index (χ3n) is 2.72. The average Bonchev–Trinajstić information content (AvgIpc) is 2.74. The van der Waals surface area contributed by atoms with Gasteiger partial charge in [-0.15, -0.1) is 0 Å². The minimum absolute atomic E-state index is 0.226. The predicted molar refractivity (Wildman–Crippen MR) is 73.1 cm³/mol. The summed E-state index contributed by atoms with van der Waals surface area (Å²) >= 11 is 4.07. The van der Waals surface area contributed by atoms with Gasteiger partial charge >= 0.3 is 0 Å². The fourth-order valence-corrected chi connectivity index (χ4v) is 2.08. The van der Waals surface area contributed by atoms with Gasteiger partial charge in [0, 0.05) is 17.1 Å². The average molecular weight is 249 g/mol. The second kappa shape index (κ2) is 5.40. The lowest BCUT2D eigenvalue weighted by molar-refractivity contribution is 0.0822. The first-order valence-electron chi connectivity index (χ1n) is 5.44. The molecule has 1 aromatic carbocycles. The summed E-state index contributed by atoms with van der Waals surface area (Å²) in [6, 6.07) is 7.98. The maximum Gasteiger partial charge on any atom is 0.0949 e. The lowest BCUT2D eigenvalue weighted by atomic mass is 10.1. The van der Waals surface area contributed by atoms with Gasteiger partial charge in [0.25, 0.3) is 0 Å². The molecule has 0 amide bonds. The molecule has 0 bridgehead atoms. The van der Waals surface area contributed by atoms with E-state index < -0.39 is 6.10 Å². The Balaban J connectivity index is 2.43. The van der Waals surface area contributed by atoms with E-state index in [9.17, 15) is 5.11 Å². The van der Waals surface area contributed by atoms with Crippen molar-refractivity contribution in [2.24, 2.45) is 0 Å². The molecular formula is C13H15NO2S. The van der Waals surface area contributed by atoms with E-state index in [1.807, 2.05) is 41.1 Å². The van der Waals surface area contributed by atoms with Crippen LogP contribution in [0.25, 0.3) is 17.0 Å². The summed E-state index contributed by atoms with van der Waals surface area (Å²) in [4.78, 5) is 0. The first kappa shape index (κ1) is 12.2. The Morgan fingerprint density at radius 1 is 1.35 bits per heavy atom. The van der Waals surface area contributed by atoms with E-state index in [1.165, 1.54) is 0 Å². The normalized spacial score (nSPS) is 13.6. The molecular weight excluding hydrogens is 234 g/mol. The van der Waals surface area contributed by atoms with E-state index in [1.54, 1.807) is 5.41 Å². The number of rotatable bonds is 4. The molecule has 4 heteroatoms. The summed E-state index contributed by atoms with van der Waals surface area (Å²) in [6.45, 7) is 0.171. The van der Waals surface area contributed by atoms with Crippen LogP contribution in [0.15, 0.2) is 35.9 Å². The molecule has 0 saturated carbocycles. The van der Waals surface area contributed by atoms with E-state index in [-0.39, 0.29) is 6.61 Å². The van der Waals surface area contributed by atoms with Crippen LogP contribution in [-0.4, -0.2) is 27.5 Å². The van der Waals surface area contributed by atoms with Crippen LogP contribution in [0.2, 0.25) is 0 Å². The van der Waals surface area contributed by atoms with Crippen LogP contribution in [0.5, 0.6) is 0 Å². The molecule has 0 fully saturated rings. The highest BCUT2D eigenvalue weighted by Gasteiger charge is 2.07. The maximum absolute atomic E-state index is 9.46. The minimum atomic E-state index is -0.727. The SMILES string of the molecule is OCC(O)Cn1ccc2c(/C=C/S)cccc21. The highest BCUT2D eigenvalue weighted by molar-refractivity contribution is 7.83. The summed E-state index contributed by atoms with van der Waals surface area (Å²) in [7, 11) is 0. The van der Waals surface area contributed by atoms with Crippen molar-refractivity contribution in [3.05, 3.63) is 41.4 Å². The van der Waals surface area contributed by atoms with Crippen molar-refractivity contribution < 1.29 is 10.2 Å². The number of thiol groups is 1. The Labute approximate surface area is 105 Å². The monoisotopic (exact) mass is 249 g/mol. The first-order valence-corrected chi connectivity index (χ1v) is 5.95. The van der Waals surface area contributed by atoms with Crippen LogP contribution in [0.4, 0.5) is 0 Å². The Bertz CT molecular complexity index is 533. The fourth-order valence-electron chi connectivity index (χ4n) is 1.92. The number of fused-ring (bicyclic) bond motifs is 1. The topological polar surface area (TPSA) is 45.4 Å². The van der Waals surface area contributed by atoms with Crippen LogP contribution < -0.4 is 0 Å². The number of hydrogen-bond acceptors (Lipinski definition) is 3. The zero-order chi connectivity index (χ0) is 12.3. The molecule has 0 radical (unpaired) electrons. The van der Waals surface area contributed by atoms with E-state index in [4.69, 9.17) is 5.11 Å². The second-order valence-electron chi connectivity index (χ2n) is 3.90. The van der Waals surface area contributed by atoms with Gasteiger partial charge in [0.1, 0.15) is 0 Å². The van der Waals surface area contributed by atoms with Gasteiger partial charge in [0.2, 0.25) is 0 Å². The zero-order valence-electron chi connectivity index (χ0n) is 9.32. The molecule has 0 aliphatic carbocycles. The number of aliphatic hydroxyl groups is 2. The van der Waals surface area contributed by atoms with Crippen molar-refractivity contribution >= 4 is 29.6 Å². The van der Waals surface area contributed by atoms with Crippen LogP contribution in [0.3, 0.4) is 0 Å². The molecule has 1 heterocycles. The summed E-state index contributed by atoms with van der Waals surface area (Å²) in [5.41, 5.74) is 2.14. The lowest BCUT2D eigenvalue weighted by Gasteiger charge is -2.10. The molecule has 2 rings (SSSR count). The third-order valence-corrected chi connectivity index (χ3v) is 2.87. The Hall–Kier alpha value is -1.23. The van der Waals surface area contributed by atoms with Gasteiger partial charge in [0.05, 0.1) is 19.3 Å². The van der Waals surface area contributed by atoms with E-state index >= 15 is 0 Å². The molecule has 1 atom stereocenters. The third kappa shape index (κ3) is 2.54. The summed E-state index contributed by atoms with van der Waals surface area (Å²) in [6.07, 6.45) is 3.12. The number of hydrogen-bond donors (Lipinski definition) is 3. The molecule has 0 saturated heterocycles. The van der Waals surface area contributed by atoms with Gasteiger partial charge in [-0.2, -0.15) is 12.6 Å². The molecule has 2 N–H and O–H groups in total. The smallest absolute Gasteiger partial charge is 0.0949 e. The van der Waals surface area contributed by atoms with Crippen LogP contribution in [0.1, 0.15) is 5.56 Å². The zero-order valence-corrected chi connectivity index (χ0v) is 10.2. The Kier molecular flexibility index (Phi) is 3.89. The second-order valence-corrected chi connectivity index (χ2v) is 4.20. The Morgan fingerprint density at radius 2 is 2.18 bits per heavy atom. The minimum Gasteiger partial charge on any atom is -0.394 e. The molecule has 1 unspecified atom stereocenters. The van der Waals surface area contributed by atoms with Crippen molar-refractivity contribution in [3.8, 4) is 0 Å². The highest BCUT2D eigenvalue weighted by atomic mass is 32.1. The van der Waals surface area contributed by atoms with Crippen molar-refractivity contribution in [3.63, 3.8) is 0 Å². The van der Waals surface area contributed by atoms with Gasteiger partial charge in [-0.1, -0.05) is 12.1 Å². The number of benzene rings is 1. The van der Waals surface area contributed by atoms with Crippen molar-refractivity contribution in [2.75, 3.05) is 6.61 Å². The summed E-state index contributed by atoms with van der Waals surface area (Å²) in [5, 5.41) is 21.1. The molecule has 90 valence electrons. The van der Waals surface area contributed by atoms with E-state index in [0.29, 0.717) is 6.54 Å². The molecule has 1 aromatic heterocycles. The number of aliphatic hydroxyl groups excluding tert-OH is 2. The molecule has 0 aliphatic heterocycles. The van der Waals surface area contributed by atoms with Gasteiger partial charge in [0.15, 0.2) is 0 Å². The fraction of sp³-hybridized carbons (Fsp3) is 0.231. The number of aromatic nitrogens is 1. The highest BCUT2D eigenvalue weighted by Crippen LogP contribution is 2.21. The van der Waals surface area contributed by atoms with E-state index in [0.717, 1.165) is 16.5 Å². The lowest BCUT2D eigenvalue weighted by Crippen LogP contribution is -2.19. The van der Waals surface area contributed by atoms with Crippen LogP contribution in [-0.2, 0) is 6.54 Å². The summed E-state index contributed by atoms with van der Waals surface area (Å²) in [5.74, 6) is 0. The van der Waals surface area contributed by atoms with Crippen molar-refractivity contribution in [1.29, 1.82) is 0 Å². The van der Waals surface area contributed by atoms with Gasteiger partial charge in [-0.25, -0.2) is 0 Å². The Morgan fingerprint density at radius 3 is 2.88 bits per heavy atom. The molecule has 0 aliphatic rings. The van der Waals surface area contributed by atoms with Gasteiger partial charge < -0.3 is 14.8 Å². The molecule has 17 heavy (non-hydrogen) atoms. The quantitative estimate of drug-likeness (QED) is 0.725. The van der Waals surface area contributed by atoms with Crippen LogP contribution >= 0.6 is 12.6 Å². The first-order chi connectivity index (χ1) is 8.26. The van der Waals surface area contributed by atoms with Crippen molar-refractivity contribution in [1.82, 2.24) is 4.57 Å². The number of nitrogens with zero attached hydrogens (tertiary/aromatic N) is 1. The summed E-state index contributed by atoms with van der Waals surface area (Å²) < 4.78 is 1.94. The molecule has 0 spiro atoms. The molecule has 2 aromatic rings. The maximum atomic E-state index is 9.46. The van der Waals surface area contributed by atoms with Gasteiger partial charge in [-0.3, -0.25) is 0 Å². The predicted octanol–water partition coefficient (Wildman–Crippen LogP) is 1.89. The molecule has 3 nitrogen and oxygen atoms in total. The van der Waals surface area contributed by atoms with E-state index in [2.05, 4.69) is 12.6 Å². The van der Waals surface area contributed by atoms with Gasteiger partial charge in [-0.05, 0) is 29.2 Å². The standard InChI is InChI=1S/C13H15NO2S/c15-9-11(16)8-14-6-4-12-10(5-7-17)2-1-3-13(12)14/h1-7,11,15-17H,8-9H2/b7-5+. The van der Waals surface area contributed by atoms with Crippen LogP contribution in [0, 0.1) is 0 Å². The van der Waals surface area contributed by atoms with Crippen molar-refractivity contribution in [2.45, 2.75) is 12.6 Å². The largest absolute Gasteiger partial charge is 0.394 e.